The highest BCUT2D eigenvalue weighted by molar-refractivity contribution is 6.27. The molecule has 1 aromatic carbocycles. The molecule has 6 nitrogen and oxygen atoms in total. The smallest absolute Gasteiger partial charge is 0.230 e. The number of nitrogens with zero attached hydrogens (tertiary/aromatic N) is 2. The van der Waals surface area contributed by atoms with E-state index in [1.54, 1.807) is 30.4 Å². The minimum Gasteiger partial charge on any atom is -0.367 e. The molecule has 0 atom stereocenters. The molecule has 2 heterocycles. The van der Waals surface area contributed by atoms with Gasteiger partial charge in [0.1, 0.15) is 22.9 Å². The summed E-state index contributed by atoms with van der Waals surface area (Å²) in [4.78, 5) is 45.8. The van der Waals surface area contributed by atoms with Gasteiger partial charge in [0.2, 0.25) is 17.5 Å². The van der Waals surface area contributed by atoms with Gasteiger partial charge in [0.25, 0.3) is 0 Å². The quantitative estimate of drug-likeness (QED) is 0.681. The summed E-state index contributed by atoms with van der Waals surface area (Å²) in [6.45, 7) is 3.30. The van der Waals surface area contributed by atoms with Crippen molar-refractivity contribution in [1.82, 2.24) is 15.2 Å². The molecule has 0 unspecified atom stereocenters. The normalized spacial score (nSPS) is 16.0. The Labute approximate surface area is 192 Å². The predicted octanol–water partition coefficient (Wildman–Crippen LogP) is 4.38. The van der Waals surface area contributed by atoms with E-state index in [0.29, 0.717) is 25.1 Å². The van der Waals surface area contributed by atoms with Crippen LogP contribution in [0.5, 0.6) is 0 Å². The second-order valence-electron chi connectivity index (χ2n) is 8.24. The van der Waals surface area contributed by atoms with E-state index in [1.807, 2.05) is 11.8 Å². The van der Waals surface area contributed by atoms with E-state index in [0.717, 1.165) is 24.8 Å². The Kier molecular flexibility index (Phi) is 6.77. The number of halogens is 1. The standard InChI is InChI=1S/C26H26FN3O3/c1-2-3-6-20(31)29-23-24(30-15-4-5-16-30)26(33)22-21(25(23)32)18(13-14-28-22)10-7-17-8-11-19(27)12-9-17/h7-14H,2-6,15-16H2,1H3,(H,29,31)/b10-7+. The van der Waals surface area contributed by atoms with Crippen molar-refractivity contribution in [3.63, 3.8) is 0 Å². The van der Waals surface area contributed by atoms with Crippen LogP contribution in [0.4, 0.5) is 4.39 Å². The Hall–Kier alpha value is -3.61. The number of Topliss-reactive ketones (excluding diaryl/α,β-unsaturated/α-hetero) is 2. The molecule has 0 spiro atoms. The number of nitrogens with one attached hydrogen (secondary N) is 1. The molecule has 1 aliphatic carbocycles. The van der Waals surface area contributed by atoms with Crippen LogP contribution < -0.4 is 5.32 Å². The molecule has 1 aliphatic heterocycles. The number of carbonyl (C=O) groups excluding carboxylic acids is 3. The summed E-state index contributed by atoms with van der Waals surface area (Å²) in [5.74, 6) is -1.38. The molecule has 1 fully saturated rings. The van der Waals surface area contributed by atoms with E-state index < -0.39 is 5.78 Å². The number of unbranched alkanes of at least 4 members (excludes halogenated alkanes) is 1. The molecule has 0 saturated carbocycles. The Bertz CT molecular complexity index is 1150. The van der Waals surface area contributed by atoms with Crippen molar-refractivity contribution in [2.24, 2.45) is 0 Å². The van der Waals surface area contributed by atoms with Gasteiger partial charge in [-0.15, -0.1) is 0 Å². The van der Waals surface area contributed by atoms with E-state index in [4.69, 9.17) is 0 Å². The number of pyridine rings is 1. The maximum atomic E-state index is 13.6. The maximum Gasteiger partial charge on any atom is 0.230 e. The first-order chi connectivity index (χ1) is 16.0. The molecule has 0 bridgehead atoms. The van der Waals surface area contributed by atoms with Crippen LogP contribution in [0, 0.1) is 5.82 Å². The van der Waals surface area contributed by atoms with Crippen LogP contribution in [-0.4, -0.2) is 40.4 Å². The van der Waals surface area contributed by atoms with Gasteiger partial charge < -0.3 is 10.2 Å². The monoisotopic (exact) mass is 447 g/mol. The predicted molar refractivity (Wildman–Crippen MR) is 124 cm³/mol. The van der Waals surface area contributed by atoms with Crippen molar-refractivity contribution in [2.45, 2.75) is 39.0 Å². The van der Waals surface area contributed by atoms with Gasteiger partial charge in [-0.1, -0.05) is 37.6 Å². The summed E-state index contributed by atoms with van der Waals surface area (Å²) in [5.41, 5.74) is 1.81. The largest absolute Gasteiger partial charge is 0.367 e. The summed E-state index contributed by atoms with van der Waals surface area (Å²) >= 11 is 0. The lowest BCUT2D eigenvalue weighted by Crippen LogP contribution is -2.40. The van der Waals surface area contributed by atoms with Crippen molar-refractivity contribution in [2.75, 3.05) is 13.1 Å². The number of likely N-dealkylation sites (tertiary alicyclic amines) is 1. The minimum absolute atomic E-state index is 0.0416. The van der Waals surface area contributed by atoms with Gasteiger partial charge in [0.15, 0.2) is 0 Å². The zero-order valence-corrected chi connectivity index (χ0v) is 18.6. The number of rotatable bonds is 7. The van der Waals surface area contributed by atoms with Gasteiger partial charge in [-0.3, -0.25) is 19.4 Å². The lowest BCUT2D eigenvalue weighted by Gasteiger charge is -2.28. The molecule has 2 aromatic rings. The number of amides is 1. The number of hydrogen-bond donors (Lipinski definition) is 1. The fraction of sp³-hybridized carbons (Fsp3) is 0.308. The topological polar surface area (TPSA) is 79.4 Å². The third-order valence-corrected chi connectivity index (χ3v) is 5.87. The van der Waals surface area contributed by atoms with Crippen LogP contribution in [0.2, 0.25) is 0 Å². The van der Waals surface area contributed by atoms with Crippen molar-refractivity contribution in [3.8, 4) is 0 Å². The Morgan fingerprint density at radius 3 is 2.52 bits per heavy atom. The summed E-state index contributed by atoms with van der Waals surface area (Å²) in [7, 11) is 0. The average Bonchev–Trinajstić information content (AvgIpc) is 3.35. The van der Waals surface area contributed by atoms with E-state index >= 15 is 0 Å². The SMILES string of the molecule is CCCCC(=O)NC1=C(N2CCCC2)C(=O)c2nccc(/C=C/c3ccc(F)cc3)c2C1=O. The third kappa shape index (κ3) is 4.77. The Morgan fingerprint density at radius 2 is 1.82 bits per heavy atom. The highest BCUT2D eigenvalue weighted by Crippen LogP contribution is 2.31. The summed E-state index contributed by atoms with van der Waals surface area (Å²) in [6.07, 6.45) is 8.62. The van der Waals surface area contributed by atoms with Gasteiger partial charge in [-0.25, -0.2) is 4.39 Å². The lowest BCUT2D eigenvalue weighted by molar-refractivity contribution is -0.120. The summed E-state index contributed by atoms with van der Waals surface area (Å²) in [6, 6.07) is 7.60. The van der Waals surface area contributed by atoms with Crippen molar-refractivity contribution in [3.05, 3.63) is 76.1 Å². The van der Waals surface area contributed by atoms with Gasteiger partial charge in [-0.2, -0.15) is 0 Å². The van der Waals surface area contributed by atoms with Gasteiger partial charge >= 0.3 is 0 Å². The van der Waals surface area contributed by atoms with Crippen molar-refractivity contribution >= 4 is 29.6 Å². The molecular formula is C26H26FN3O3. The van der Waals surface area contributed by atoms with E-state index in [9.17, 15) is 18.8 Å². The lowest BCUT2D eigenvalue weighted by atomic mass is 9.89. The van der Waals surface area contributed by atoms with Crippen LogP contribution in [0.1, 0.15) is 71.0 Å². The summed E-state index contributed by atoms with van der Waals surface area (Å²) < 4.78 is 13.2. The molecule has 33 heavy (non-hydrogen) atoms. The first-order valence-electron chi connectivity index (χ1n) is 11.3. The number of allylic oxidation sites excluding steroid dienone is 2. The molecule has 0 radical (unpaired) electrons. The van der Waals surface area contributed by atoms with E-state index in [2.05, 4.69) is 10.3 Å². The van der Waals surface area contributed by atoms with Gasteiger partial charge in [0, 0.05) is 25.7 Å². The fourth-order valence-electron chi connectivity index (χ4n) is 4.14. The van der Waals surface area contributed by atoms with Crippen LogP contribution in [-0.2, 0) is 4.79 Å². The van der Waals surface area contributed by atoms with Gasteiger partial charge in [-0.05, 0) is 48.6 Å². The van der Waals surface area contributed by atoms with Crippen molar-refractivity contribution < 1.29 is 18.8 Å². The second kappa shape index (κ2) is 9.90. The first kappa shape index (κ1) is 22.6. The third-order valence-electron chi connectivity index (χ3n) is 5.87. The first-order valence-corrected chi connectivity index (χ1v) is 11.3. The number of aromatic nitrogens is 1. The number of fused-ring (bicyclic) bond motifs is 1. The molecule has 1 N–H and O–H groups in total. The van der Waals surface area contributed by atoms with Crippen LogP contribution in [0.3, 0.4) is 0 Å². The number of carbonyl (C=O) groups is 3. The zero-order chi connectivity index (χ0) is 23.4. The van der Waals surface area contributed by atoms with Crippen molar-refractivity contribution in [1.29, 1.82) is 0 Å². The molecular weight excluding hydrogens is 421 g/mol. The van der Waals surface area contributed by atoms with Gasteiger partial charge in [0.05, 0.1) is 5.56 Å². The highest BCUT2D eigenvalue weighted by atomic mass is 19.1. The summed E-state index contributed by atoms with van der Waals surface area (Å²) in [5, 5.41) is 2.74. The van der Waals surface area contributed by atoms with E-state index in [-0.39, 0.29) is 46.6 Å². The number of benzene rings is 1. The Morgan fingerprint density at radius 1 is 1.09 bits per heavy atom. The minimum atomic E-state index is -0.414. The molecule has 170 valence electrons. The van der Waals surface area contributed by atoms with Crippen LogP contribution in [0.15, 0.2) is 47.9 Å². The van der Waals surface area contributed by atoms with Crippen LogP contribution in [0.25, 0.3) is 12.2 Å². The molecule has 4 rings (SSSR count). The number of ketones is 2. The number of hydrogen-bond acceptors (Lipinski definition) is 5. The average molecular weight is 448 g/mol. The zero-order valence-electron chi connectivity index (χ0n) is 18.6. The molecule has 7 heteroatoms. The fourth-order valence-corrected chi connectivity index (χ4v) is 4.14. The molecule has 1 saturated heterocycles. The molecule has 1 aromatic heterocycles. The highest BCUT2D eigenvalue weighted by Gasteiger charge is 2.38. The second-order valence-corrected chi connectivity index (χ2v) is 8.24. The van der Waals surface area contributed by atoms with E-state index in [1.165, 1.54) is 18.3 Å². The molecule has 2 aliphatic rings. The Balaban J connectivity index is 1.74. The molecule has 1 amide bonds. The van der Waals surface area contributed by atoms with Crippen LogP contribution >= 0.6 is 0 Å². The maximum absolute atomic E-state index is 13.6.